The van der Waals surface area contributed by atoms with Crippen molar-refractivity contribution in [1.82, 2.24) is 4.90 Å². The second-order valence-electron chi connectivity index (χ2n) is 8.40. The van der Waals surface area contributed by atoms with Crippen LogP contribution in [0.25, 0.3) is 0 Å². The van der Waals surface area contributed by atoms with Gasteiger partial charge < -0.3 is 19.3 Å². The van der Waals surface area contributed by atoms with Gasteiger partial charge in [-0.25, -0.2) is 8.42 Å². The quantitative estimate of drug-likeness (QED) is 0.561. The van der Waals surface area contributed by atoms with Gasteiger partial charge in [-0.1, -0.05) is 18.2 Å². The van der Waals surface area contributed by atoms with Gasteiger partial charge >= 0.3 is 0 Å². The molecule has 3 aromatic carbocycles. The van der Waals surface area contributed by atoms with Crippen LogP contribution in [-0.2, 0) is 16.6 Å². The normalized spacial score (nSPS) is 15.8. The minimum atomic E-state index is -3.67. The summed E-state index contributed by atoms with van der Waals surface area (Å²) in [6, 6.07) is 20.8. The minimum absolute atomic E-state index is 0.0420. The average Bonchev–Trinajstić information content (AvgIpc) is 3.33. The lowest BCUT2D eigenvalue weighted by atomic mass is 10.1. The Bertz CT molecular complexity index is 1270. The number of amides is 1. The lowest BCUT2D eigenvalue weighted by Crippen LogP contribution is -3.13. The van der Waals surface area contributed by atoms with Crippen molar-refractivity contribution in [2.45, 2.75) is 11.4 Å². The fraction of sp³-hybridized carbons (Fsp3) is 0.240. The molecule has 0 aromatic heterocycles. The molecule has 2 aliphatic rings. The number of benzene rings is 3. The van der Waals surface area contributed by atoms with Crippen LogP contribution in [0.1, 0.15) is 15.9 Å². The highest BCUT2D eigenvalue weighted by atomic mass is 32.2. The van der Waals surface area contributed by atoms with Gasteiger partial charge in [0, 0.05) is 16.8 Å². The van der Waals surface area contributed by atoms with E-state index in [1.807, 2.05) is 17.0 Å². The van der Waals surface area contributed by atoms with Gasteiger partial charge in [0.05, 0.1) is 31.1 Å². The molecule has 0 aliphatic carbocycles. The molecule has 3 aromatic rings. The SMILES string of the molecule is O=C(c1ccc(NS(=O)(=O)c2ccccc2)cc1)N1CC[NH+](Cc2ccc3c(c2)OCO3)CC1. The third-order valence-corrected chi connectivity index (χ3v) is 7.48. The van der Waals surface area contributed by atoms with Gasteiger partial charge in [-0.15, -0.1) is 0 Å². The van der Waals surface area contributed by atoms with Crippen LogP contribution >= 0.6 is 0 Å². The standard InChI is InChI=1S/C25H25N3O5S/c29-25(20-7-9-21(10-8-20)26-34(30,31)22-4-2-1-3-5-22)28-14-12-27(13-15-28)17-19-6-11-23-24(16-19)33-18-32-23/h1-11,16,26H,12-15,17-18H2/p+1. The monoisotopic (exact) mass is 480 g/mol. The van der Waals surface area contributed by atoms with Gasteiger partial charge in [-0.2, -0.15) is 0 Å². The lowest BCUT2D eigenvalue weighted by molar-refractivity contribution is -0.917. The minimum Gasteiger partial charge on any atom is -0.454 e. The molecular formula is C25H26N3O5S+. The molecule has 0 atom stereocenters. The zero-order chi connectivity index (χ0) is 23.5. The molecule has 0 spiro atoms. The number of rotatable bonds is 6. The number of sulfonamides is 1. The first-order valence-corrected chi connectivity index (χ1v) is 12.7. The Balaban J connectivity index is 1.16. The fourth-order valence-electron chi connectivity index (χ4n) is 4.22. The van der Waals surface area contributed by atoms with Crippen molar-refractivity contribution >= 4 is 21.6 Å². The molecule has 2 heterocycles. The van der Waals surface area contributed by atoms with Gasteiger partial charge in [-0.05, 0) is 54.6 Å². The number of carbonyl (C=O) groups excluding carboxylic acids is 1. The molecule has 9 heteroatoms. The number of carbonyl (C=O) groups is 1. The highest BCUT2D eigenvalue weighted by Gasteiger charge is 2.25. The van der Waals surface area contributed by atoms with Crippen molar-refractivity contribution in [2.75, 3.05) is 37.7 Å². The Kier molecular flexibility index (Phi) is 6.12. The van der Waals surface area contributed by atoms with Crippen LogP contribution < -0.4 is 19.1 Å². The molecule has 0 bridgehead atoms. The van der Waals surface area contributed by atoms with E-state index in [1.54, 1.807) is 42.5 Å². The van der Waals surface area contributed by atoms with E-state index in [0.29, 0.717) is 24.3 Å². The molecule has 0 saturated carbocycles. The van der Waals surface area contributed by atoms with Crippen LogP contribution in [0.5, 0.6) is 11.5 Å². The first-order chi connectivity index (χ1) is 16.5. The average molecular weight is 481 g/mol. The molecule has 1 fully saturated rings. The van der Waals surface area contributed by atoms with Crippen molar-refractivity contribution in [3.05, 3.63) is 83.9 Å². The Labute approximate surface area is 198 Å². The number of piperazine rings is 1. The van der Waals surface area contributed by atoms with Gasteiger partial charge in [0.2, 0.25) is 6.79 Å². The molecule has 1 saturated heterocycles. The summed E-state index contributed by atoms with van der Waals surface area (Å²) in [7, 11) is -3.67. The van der Waals surface area contributed by atoms with Crippen LogP contribution in [0.2, 0.25) is 0 Å². The number of fused-ring (bicyclic) bond motifs is 1. The number of nitrogens with zero attached hydrogens (tertiary/aromatic N) is 1. The van der Waals surface area contributed by atoms with Crippen LogP contribution in [0.4, 0.5) is 5.69 Å². The third kappa shape index (κ3) is 4.85. The van der Waals surface area contributed by atoms with E-state index in [4.69, 9.17) is 9.47 Å². The summed E-state index contributed by atoms with van der Waals surface area (Å²) in [5, 5.41) is 0. The van der Waals surface area contributed by atoms with Crippen LogP contribution in [0, 0.1) is 0 Å². The fourth-order valence-corrected chi connectivity index (χ4v) is 5.30. The first-order valence-electron chi connectivity index (χ1n) is 11.2. The van der Waals surface area contributed by atoms with E-state index in [2.05, 4.69) is 10.8 Å². The third-order valence-electron chi connectivity index (χ3n) is 6.09. The second kappa shape index (κ2) is 9.36. The van der Waals surface area contributed by atoms with Crippen LogP contribution in [0.15, 0.2) is 77.7 Å². The zero-order valence-electron chi connectivity index (χ0n) is 18.6. The molecule has 34 heavy (non-hydrogen) atoms. The number of anilines is 1. The van der Waals surface area contributed by atoms with E-state index >= 15 is 0 Å². The van der Waals surface area contributed by atoms with Gasteiger partial charge in [0.15, 0.2) is 11.5 Å². The summed E-state index contributed by atoms with van der Waals surface area (Å²) in [6.45, 7) is 4.19. The van der Waals surface area contributed by atoms with Crippen molar-refractivity contribution < 1.29 is 27.6 Å². The van der Waals surface area contributed by atoms with E-state index in [9.17, 15) is 13.2 Å². The summed E-state index contributed by atoms with van der Waals surface area (Å²) in [4.78, 5) is 16.4. The Morgan fingerprint density at radius 3 is 2.35 bits per heavy atom. The van der Waals surface area contributed by atoms with E-state index in [1.165, 1.54) is 22.6 Å². The summed E-state index contributed by atoms with van der Waals surface area (Å²) in [5.41, 5.74) is 2.15. The molecule has 2 N–H and O–H groups in total. The van der Waals surface area contributed by atoms with Crippen molar-refractivity contribution in [2.24, 2.45) is 0 Å². The van der Waals surface area contributed by atoms with Gasteiger partial charge in [0.25, 0.3) is 15.9 Å². The van der Waals surface area contributed by atoms with Crippen LogP contribution in [-0.4, -0.2) is 52.2 Å². The van der Waals surface area contributed by atoms with Gasteiger partial charge in [-0.3, -0.25) is 9.52 Å². The number of nitrogens with one attached hydrogen (secondary N) is 2. The highest BCUT2D eigenvalue weighted by Crippen LogP contribution is 2.32. The maximum atomic E-state index is 13.0. The van der Waals surface area contributed by atoms with E-state index in [0.717, 1.165) is 31.1 Å². The molecule has 1 amide bonds. The summed E-state index contributed by atoms with van der Waals surface area (Å²) in [5.74, 6) is 1.54. The first kappa shape index (κ1) is 22.2. The number of hydrogen-bond acceptors (Lipinski definition) is 5. The largest absolute Gasteiger partial charge is 0.454 e. The molecule has 0 unspecified atom stereocenters. The smallest absolute Gasteiger partial charge is 0.261 e. The van der Waals surface area contributed by atoms with E-state index in [-0.39, 0.29) is 17.6 Å². The summed E-state index contributed by atoms with van der Waals surface area (Å²) in [6.07, 6.45) is 0. The molecule has 2 aliphatic heterocycles. The maximum Gasteiger partial charge on any atom is 0.261 e. The summed E-state index contributed by atoms with van der Waals surface area (Å²) >= 11 is 0. The number of ether oxygens (including phenoxy) is 2. The summed E-state index contributed by atoms with van der Waals surface area (Å²) < 4.78 is 38.3. The molecule has 5 rings (SSSR count). The molecule has 8 nitrogen and oxygen atoms in total. The zero-order valence-corrected chi connectivity index (χ0v) is 19.4. The predicted molar refractivity (Wildman–Crippen MR) is 127 cm³/mol. The maximum absolute atomic E-state index is 13.0. The van der Waals surface area contributed by atoms with Crippen molar-refractivity contribution in [1.29, 1.82) is 0 Å². The lowest BCUT2D eigenvalue weighted by Gasteiger charge is -2.32. The Morgan fingerprint density at radius 1 is 0.912 bits per heavy atom. The van der Waals surface area contributed by atoms with E-state index < -0.39 is 10.0 Å². The molecule has 176 valence electrons. The Hall–Kier alpha value is -3.56. The topological polar surface area (TPSA) is 89.4 Å². The van der Waals surface area contributed by atoms with Crippen molar-refractivity contribution in [3.8, 4) is 11.5 Å². The van der Waals surface area contributed by atoms with Crippen molar-refractivity contribution in [3.63, 3.8) is 0 Å². The predicted octanol–water partition coefficient (Wildman–Crippen LogP) is 1.76. The Morgan fingerprint density at radius 2 is 1.62 bits per heavy atom. The number of quaternary nitrogens is 1. The highest BCUT2D eigenvalue weighted by molar-refractivity contribution is 7.92. The van der Waals surface area contributed by atoms with Gasteiger partial charge in [0.1, 0.15) is 6.54 Å². The molecule has 0 radical (unpaired) electrons. The second-order valence-corrected chi connectivity index (χ2v) is 10.1. The number of hydrogen-bond donors (Lipinski definition) is 2. The molecular weight excluding hydrogens is 454 g/mol. The van der Waals surface area contributed by atoms with Crippen LogP contribution in [0.3, 0.4) is 0 Å².